The maximum absolute atomic E-state index is 5.67. The summed E-state index contributed by atoms with van der Waals surface area (Å²) in [5.74, 6) is 0.410. The van der Waals surface area contributed by atoms with E-state index in [4.69, 9.17) is 16.3 Å². The molecule has 0 aliphatic rings. The van der Waals surface area contributed by atoms with Crippen LogP contribution in [-0.2, 0) is 24.1 Å². The second kappa shape index (κ2) is 4.42. The van der Waals surface area contributed by atoms with Crippen LogP contribution in [0.3, 0.4) is 0 Å². The van der Waals surface area contributed by atoms with Gasteiger partial charge < -0.3 is 4.74 Å². The Morgan fingerprint density at radius 2 is 2.33 bits per heavy atom. The molecule has 68 valence electrons. The lowest BCUT2D eigenvalue weighted by atomic mass is 10.2. The van der Waals surface area contributed by atoms with Crippen molar-refractivity contribution in [1.82, 2.24) is 15.0 Å². The van der Waals surface area contributed by atoms with Crippen LogP contribution in [-0.4, -0.2) is 28.7 Å². The van der Waals surface area contributed by atoms with Gasteiger partial charge in [-0.2, -0.15) is 0 Å². The van der Waals surface area contributed by atoms with E-state index in [1.54, 1.807) is 11.8 Å². The summed E-state index contributed by atoms with van der Waals surface area (Å²) in [5.41, 5.74) is 1.89. The molecule has 0 saturated carbocycles. The highest BCUT2D eigenvalue weighted by Crippen LogP contribution is 2.07. The SMILES string of the molecule is COCCc1c(CCl)nnn1C. The van der Waals surface area contributed by atoms with Gasteiger partial charge >= 0.3 is 0 Å². The summed E-state index contributed by atoms with van der Waals surface area (Å²) >= 11 is 5.67. The smallest absolute Gasteiger partial charge is 0.101 e. The summed E-state index contributed by atoms with van der Waals surface area (Å²) in [6, 6.07) is 0. The zero-order valence-corrected chi connectivity index (χ0v) is 8.01. The van der Waals surface area contributed by atoms with E-state index < -0.39 is 0 Å². The fourth-order valence-corrected chi connectivity index (χ4v) is 1.24. The Bertz CT molecular complexity index is 249. The Hall–Kier alpha value is -0.610. The normalized spacial score (nSPS) is 10.6. The first-order valence-electron chi connectivity index (χ1n) is 3.72. The van der Waals surface area contributed by atoms with Gasteiger partial charge in [-0.3, -0.25) is 4.68 Å². The molecule has 0 bridgehead atoms. The molecule has 5 heteroatoms. The van der Waals surface area contributed by atoms with Crippen molar-refractivity contribution in [1.29, 1.82) is 0 Å². The van der Waals surface area contributed by atoms with E-state index in [0.717, 1.165) is 17.8 Å². The predicted octanol–water partition coefficient (Wildman–Crippen LogP) is 0.743. The number of aromatic nitrogens is 3. The van der Waals surface area contributed by atoms with Gasteiger partial charge in [0.25, 0.3) is 0 Å². The van der Waals surface area contributed by atoms with Crippen molar-refractivity contribution in [3.05, 3.63) is 11.4 Å². The quantitative estimate of drug-likeness (QED) is 0.657. The van der Waals surface area contributed by atoms with Gasteiger partial charge in [0.05, 0.1) is 18.2 Å². The molecule has 1 heterocycles. The van der Waals surface area contributed by atoms with Gasteiger partial charge in [0, 0.05) is 20.6 Å². The lowest BCUT2D eigenvalue weighted by molar-refractivity contribution is 0.200. The standard InChI is InChI=1S/C7H12ClN3O/c1-11-7(3-4-12-2)6(5-8)9-10-11/h3-5H2,1-2H3. The van der Waals surface area contributed by atoms with Crippen LogP contribution in [0.1, 0.15) is 11.4 Å². The Labute approximate surface area is 76.5 Å². The molecule has 0 radical (unpaired) electrons. The molecule has 0 unspecified atom stereocenters. The summed E-state index contributed by atoms with van der Waals surface area (Å²) < 4.78 is 6.69. The minimum Gasteiger partial charge on any atom is -0.384 e. The molecule has 12 heavy (non-hydrogen) atoms. The van der Waals surface area contributed by atoms with Crippen molar-refractivity contribution in [2.45, 2.75) is 12.3 Å². The molecule has 0 aliphatic carbocycles. The van der Waals surface area contributed by atoms with Crippen molar-refractivity contribution < 1.29 is 4.74 Å². The van der Waals surface area contributed by atoms with E-state index in [1.807, 2.05) is 7.05 Å². The average Bonchev–Trinajstić information content (AvgIpc) is 2.43. The van der Waals surface area contributed by atoms with Crippen molar-refractivity contribution in [2.75, 3.05) is 13.7 Å². The third-order valence-corrected chi connectivity index (χ3v) is 1.95. The third-order valence-electron chi connectivity index (χ3n) is 1.69. The van der Waals surface area contributed by atoms with E-state index in [-0.39, 0.29) is 0 Å². The van der Waals surface area contributed by atoms with Crippen LogP contribution in [0.4, 0.5) is 0 Å². The van der Waals surface area contributed by atoms with E-state index >= 15 is 0 Å². The van der Waals surface area contributed by atoms with Crippen molar-refractivity contribution >= 4 is 11.6 Å². The molecule has 4 nitrogen and oxygen atoms in total. The van der Waals surface area contributed by atoms with E-state index in [1.165, 1.54) is 0 Å². The lowest BCUT2D eigenvalue weighted by Gasteiger charge is -2.00. The minimum atomic E-state index is 0.410. The van der Waals surface area contributed by atoms with Gasteiger partial charge in [-0.15, -0.1) is 16.7 Å². The highest BCUT2D eigenvalue weighted by atomic mass is 35.5. The van der Waals surface area contributed by atoms with Gasteiger partial charge in [-0.05, 0) is 0 Å². The molecule has 0 fully saturated rings. The molecular formula is C7H12ClN3O. The average molecular weight is 190 g/mol. The monoisotopic (exact) mass is 189 g/mol. The molecular weight excluding hydrogens is 178 g/mol. The van der Waals surface area contributed by atoms with E-state index in [2.05, 4.69) is 10.3 Å². The van der Waals surface area contributed by atoms with Crippen LogP contribution < -0.4 is 0 Å². The molecule has 0 aliphatic heterocycles. The largest absolute Gasteiger partial charge is 0.384 e. The molecule has 1 aromatic heterocycles. The van der Waals surface area contributed by atoms with E-state index in [9.17, 15) is 0 Å². The molecule has 1 aromatic rings. The number of aryl methyl sites for hydroxylation is 1. The van der Waals surface area contributed by atoms with Gasteiger partial charge in [-0.1, -0.05) is 5.21 Å². The molecule has 1 rings (SSSR count). The number of hydrogen-bond donors (Lipinski definition) is 0. The third kappa shape index (κ3) is 1.95. The molecule has 0 spiro atoms. The molecule has 0 N–H and O–H groups in total. The number of nitrogens with zero attached hydrogens (tertiary/aromatic N) is 3. The van der Waals surface area contributed by atoms with Crippen LogP contribution in [0, 0.1) is 0 Å². The zero-order valence-electron chi connectivity index (χ0n) is 7.25. The van der Waals surface area contributed by atoms with Gasteiger partial charge in [0.1, 0.15) is 5.69 Å². The lowest BCUT2D eigenvalue weighted by Crippen LogP contribution is -2.04. The summed E-state index contributed by atoms with van der Waals surface area (Å²) in [6.07, 6.45) is 0.808. The van der Waals surface area contributed by atoms with Crippen molar-refractivity contribution in [3.63, 3.8) is 0 Å². The molecule has 0 amide bonds. The summed E-state index contributed by atoms with van der Waals surface area (Å²) in [7, 11) is 3.53. The van der Waals surface area contributed by atoms with Gasteiger partial charge in [-0.25, -0.2) is 0 Å². The zero-order chi connectivity index (χ0) is 8.97. The molecule has 0 atom stereocenters. The maximum atomic E-state index is 5.67. The Balaban J connectivity index is 2.72. The summed E-state index contributed by atoms with van der Waals surface area (Å²) in [5, 5.41) is 7.78. The van der Waals surface area contributed by atoms with E-state index in [0.29, 0.717) is 12.5 Å². The highest BCUT2D eigenvalue weighted by Gasteiger charge is 2.08. The number of alkyl halides is 1. The van der Waals surface area contributed by atoms with Gasteiger partial charge in [0.2, 0.25) is 0 Å². The number of rotatable bonds is 4. The predicted molar refractivity (Wildman–Crippen MR) is 46.1 cm³/mol. The first kappa shape index (κ1) is 9.48. The number of hydrogen-bond acceptors (Lipinski definition) is 3. The summed E-state index contributed by atoms with van der Waals surface area (Å²) in [4.78, 5) is 0. The molecule has 0 aromatic carbocycles. The highest BCUT2D eigenvalue weighted by molar-refractivity contribution is 6.16. The fraction of sp³-hybridized carbons (Fsp3) is 0.714. The van der Waals surface area contributed by atoms with Crippen LogP contribution in [0.15, 0.2) is 0 Å². The second-order valence-corrected chi connectivity index (χ2v) is 2.75. The van der Waals surface area contributed by atoms with Crippen LogP contribution >= 0.6 is 11.6 Å². The number of ether oxygens (including phenoxy) is 1. The van der Waals surface area contributed by atoms with Crippen LogP contribution in [0.25, 0.3) is 0 Å². The van der Waals surface area contributed by atoms with Crippen LogP contribution in [0.2, 0.25) is 0 Å². The Morgan fingerprint density at radius 3 is 2.92 bits per heavy atom. The summed E-state index contributed by atoms with van der Waals surface area (Å²) in [6.45, 7) is 0.672. The number of methoxy groups -OCH3 is 1. The Kier molecular flexibility index (Phi) is 3.49. The van der Waals surface area contributed by atoms with Gasteiger partial charge in [0.15, 0.2) is 0 Å². The number of halogens is 1. The molecule has 0 saturated heterocycles. The van der Waals surface area contributed by atoms with Crippen molar-refractivity contribution in [2.24, 2.45) is 7.05 Å². The van der Waals surface area contributed by atoms with Crippen molar-refractivity contribution in [3.8, 4) is 0 Å². The topological polar surface area (TPSA) is 39.9 Å². The Morgan fingerprint density at radius 1 is 1.58 bits per heavy atom. The first-order chi connectivity index (χ1) is 5.79. The maximum Gasteiger partial charge on any atom is 0.101 e. The fourth-order valence-electron chi connectivity index (χ4n) is 1.03. The second-order valence-electron chi connectivity index (χ2n) is 2.48. The van der Waals surface area contributed by atoms with Crippen LogP contribution in [0.5, 0.6) is 0 Å². The minimum absolute atomic E-state index is 0.410. The first-order valence-corrected chi connectivity index (χ1v) is 4.25.